The van der Waals surface area contributed by atoms with E-state index in [0.29, 0.717) is 88.1 Å². The Morgan fingerprint density at radius 2 is 1.20 bits per heavy atom. The van der Waals surface area contributed by atoms with Gasteiger partial charge >= 0.3 is 0 Å². The van der Waals surface area contributed by atoms with E-state index in [1.54, 1.807) is 45.0 Å². The summed E-state index contributed by atoms with van der Waals surface area (Å²) in [5.74, 6) is -3.68. The maximum absolute atomic E-state index is 14.6. The minimum atomic E-state index is -3.56. The lowest BCUT2D eigenvalue weighted by atomic mass is 9.74. The average Bonchev–Trinajstić information content (AvgIpc) is 1.99. The van der Waals surface area contributed by atoms with Gasteiger partial charge < -0.3 is 61.1 Å². The van der Waals surface area contributed by atoms with Gasteiger partial charge in [0, 0.05) is 43.0 Å². The zero-order valence-corrected chi connectivity index (χ0v) is 51.7. The number of amides is 6. The average molecular weight is 1230 g/mol. The summed E-state index contributed by atoms with van der Waals surface area (Å²) in [5, 5.41) is 37.2. The van der Waals surface area contributed by atoms with Gasteiger partial charge in [0.25, 0.3) is 0 Å². The minimum Gasteiger partial charge on any atom is -0.497 e. The van der Waals surface area contributed by atoms with E-state index in [-0.39, 0.29) is 67.8 Å². The monoisotopic (exact) mass is 1230 g/mol. The van der Waals surface area contributed by atoms with Crippen LogP contribution in [-0.2, 0) is 75.2 Å². The first-order chi connectivity index (χ1) is 41.2. The van der Waals surface area contributed by atoms with Gasteiger partial charge in [0.15, 0.2) is 21.4 Å². The van der Waals surface area contributed by atoms with Crippen LogP contribution in [0.1, 0.15) is 116 Å². The smallest absolute Gasteiger partial charge is 0.245 e. The van der Waals surface area contributed by atoms with Crippen LogP contribution in [0, 0.1) is 10.8 Å². The number of rotatable bonds is 29. The van der Waals surface area contributed by atoms with Gasteiger partial charge in [-0.05, 0) is 133 Å². The van der Waals surface area contributed by atoms with Gasteiger partial charge in [-0.2, -0.15) is 0 Å². The molecule has 3 aliphatic carbocycles. The van der Waals surface area contributed by atoms with Gasteiger partial charge in [-0.3, -0.25) is 43.3 Å². The van der Waals surface area contributed by atoms with Crippen LogP contribution in [0.2, 0.25) is 0 Å². The number of hydrogen-bond donors (Lipinski definition) is 8. The second-order valence-electron chi connectivity index (χ2n) is 25.3. The number of hydrogen-bond acceptors (Lipinski definition) is 17. The Kier molecular flexibility index (Phi) is 21.7. The molecule has 0 bridgehead atoms. The summed E-state index contributed by atoms with van der Waals surface area (Å²) in [5.41, 5.74) is -0.278. The van der Waals surface area contributed by atoms with Crippen LogP contribution in [-0.4, -0.2) is 190 Å². The van der Waals surface area contributed by atoms with Crippen molar-refractivity contribution in [3.63, 3.8) is 0 Å². The lowest BCUT2D eigenvalue weighted by Gasteiger charge is -2.35. The first-order valence-corrected chi connectivity index (χ1v) is 32.2. The highest BCUT2D eigenvalue weighted by Gasteiger charge is 2.52. The second-order valence-corrected chi connectivity index (χ2v) is 27.3. The van der Waals surface area contributed by atoms with Crippen LogP contribution in [0.25, 0.3) is 0 Å². The summed E-state index contributed by atoms with van der Waals surface area (Å²) in [6.45, 7) is 8.08. The van der Waals surface area contributed by atoms with E-state index in [2.05, 4.69) is 44.1 Å². The van der Waals surface area contributed by atoms with Crippen LogP contribution in [0.4, 0.5) is 0 Å². The van der Waals surface area contributed by atoms with Crippen molar-refractivity contribution in [1.29, 1.82) is 0 Å². The Morgan fingerprint density at radius 3 is 1.76 bits per heavy atom. The zero-order chi connectivity index (χ0) is 62.9. The largest absolute Gasteiger partial charge is 0.497 e. The number of nitrogens with zero attached hydrogens (tertiary/aromatic N) is 1. The highest BCUT2D eigenvalue weighted by atomic mass is 32.2. The number of allylic oxidation sites excluding steroid dienone is 3. The van der Waals surface area contributed by atoms with E-state index in [4.69, 9.17) is 18.9 Å². The molecule has 3 heterocycles. The molecule has 1 unspecified atom stereocenters. The van der Waals surface area contributed by atoms with Gasteiger partial charge in [0.1, 0.15) is 41.1 Å². The number of epoxide rings is 2. The van der Waals surface area contributed by atoms with E-state index >= 15 is 0 Å². The summed E-state index contributed by atoms with van der Waals surface area (Å²) in [4.78, 5) is 114. The molecule has 24 heteroatoms. The predicted octanol–water partition coefficient (Wildman–Crippen LogP) is 1.78. The number of Topliss-reactive ketones (excluding diaryl/α,β-unsaturated/α-hetero) is 2. The summed E-state index contributed by atoms with van der Waals surface area (Å²) in [6, 6.07) is 5.80. The van der Waals surface area contributed by atoms with Crippen molar-refractivity contribution >= 4 is 56.8 Å². The van der Waals surface area contributed by atoms with Crippen molar-refractivity contribution in [2.45, 2.75) is 176 Å². The molecule has 0 aromatic heterocycles. The van der Waals surface area contributed by atoms with Crippen molar-refractivity contribution in [2.24, 2.45) is 10.8 Å². The summed E-state index contributed by atoms with van der Waals surface area (Å²) < 4.78 is 46.5. The molecule has 3 aliphatic heterocycles. The number of sulfone groups is 1. The van der Waals surface area contributed by atoms with E-state index < -0.39 is 110 Å². The van der Waals surface area contributed by atoms with Crippen LogP contribution in [0.3, 0.4) is 0 Å². The number of aliphatic hydroxyl groups is 2. The fourth-order valence-corrected chi connectivity index (χ4v) is 12.7. The molecule has 2 aromatic carbocycles. The summed E-state index contributed by atoms with van der Waals surface area (Å²) in [6.07, 6.45) is 11.1. The van der Waals surface area contributed by atoms with Crippen LogP contribution in [0.15, 0.2) is 76.7 Å². The van der Waals surface area contributed by atoms with Gasteiger partial charge in [-0.1, -0.05) is 54.5 Å². The molecule has 8 N–H and O–H groups in total. The number of aliphatic hydroxyl groups excluding tert-OH is 2. The number of ketones is 2. The molecule has 6 amide bonds. The van der Waals surface area contributed by atoms with Crippen LogP contribution >= 0.6 is 0 Å². The van der Waals surface area contributed by atoms with Gasteiger partial charge in [-0.25, -0.2) is 8.42 Å². The van der Waals surface area contributed by atoms with Crippen molar-refractivity contribution in [2.75, 3.05) is 66.0 Å². The molecule has 0 radical (unpaired) electrons. The topological polar surface area (TPSA) is 330 Å². The summed E-state index contributed by atoms with van der Waals surface area (Å²) in [7, 11) is -2.03. The van der Waals surface area contributed by atoms with Gasteiger partial charge in [0.05, 0.1) is 69.8 Å². The molecule has 8 rings (SSSR count). The minimum absolute atomic E-state index is 0.0459. The molecule has 1 saturated carbocycles. The highest BCUT2D eigenvalue weighted by molar-refractivity contribution is 7.90. The Labute approximate surface area is 509 Å². The molecule has 3 saturated heterocycles. The number of morpholine rings is 1. The van der Waals surface area contributed by atoms with Crippen molar-refractivity contribution in [3.8, 4) is 5.75 Å². The lowest BCUT2D eigenvalue weighted by Crippen LogP contribution is -2.58. The molecular formula is C63H87N7O16S. The van der Waals surface area contributed by atoms with Gasteiger partial charge in [0.2, 0.25) is 35.4 Å². The van der Waals surface area contributed by atoms with E-state index in [1.807, 2.05) is 11.8 Å². The predicted molar refractivity (Wildman–Crippen MR) is 318 cm³/mol. The second kappa shape index (κ2) is 28.4. The molecule has 476 valence electrons. The van der Waals surface area contributed by atoms with Crippen molar-refractivity contribution in [3.05, 3.63) is 83.0 Å². The summed E-state index contributed by atoms with van der Waals surface area (Å²) >= 11 is 0. The van der Waals surface area contributed by atoms with E-state index in [1.165, 1.54) is 31.4 Å². The van der Waals surface area contributed by atoms with E-state index in [9.17, 15) is 57.0 Å². The lowest BCUT2D eigenvalue weighted by molar-refractivity contribution is -0.137. The quantitative estimate of drug-likeness (QED) is 0.0425. The standard InChI is InChI=1S/C63H87N7O16S/c1-39(64-59(80)60(2)23-20-44(72)21-24-60)55(76)68-49(30-40-9-14-45(83-5)15-10-40)56(77)66-47(53(74)61(3)37-85-61)18-13-42-19-25-63(33-42)22-7-8-43(34-63)32-48(54(75)62(4)38-86-62)67-57(78)50(31-41-11-16-46(17-12-41)87(6,81)82)69-58(79)51(36-71)65-52(73)35-70-26-28-84-29-27-70/h9-12,14-17,33-34,39,44,47-51,71-72H,7-8,13,18-32,35-38H2,1-6H3,(H,64,80)(H,65,73)(H,66,77)(H,67,78)(H,68,76)(H,69,79)/t39-,44?,47+,48+,49+,50+,51+,60?,61-,62-,63?/m1/s1. The van der Waals surface area contributed by atoms with Crippen molar-refractivity contribution < 1.29 is 75.9 Å². The van der Waals surface area contributed by atoms with Crippen LogP contribution < -0.4 is 36.6 Å². The molecule has 6 aliphatic rings. The van der Waals surface area contributed by atoms with Gasteiger partial charge in [-0.15, -0.1) is 0 Å². The zero-order valence-electron chi connectivity index (χ0n) is 50.8. The Balaban J connectivity index is 0.964. The number of nitrogens with one attached hydrogen (secondary N) is 6. The molecule has 87 heavy (non-hydrogen) atoms. The normalized spacial score (nSPS) is 26.5. The molecule has 2 aromatic rings. The Hall–Kier alpha value is -6.41. The number of carbonyl (C=O) groups excluding carboxylic acids is 8. The first kappa shape index (κ1) is 66.5. The van der Waals surface area contributed by atoms with Crippen LogP contribution in [0.5, 0.6) is 5.75 Å². The Bertz CT molecular complexity index is 3040. The third-order valence-corrected chi connectivity index (χ3v) is 19.2. The number of methoxy groups -OCH3 is 1. The fraction of sp³-hybridized carbons (Fsp3) is 0.619. The third-order valence-electron chi connectivity index (χ3n) is 18.0. The molecule has 9 atom stereocenters. The molecule has 23 nitrogen and oxygen atoms in total. The first-order valence-electron chi connectivity index (χ1n) is 30.3. The molecule has 4 fully saturated rings. The van der Waals surface area contributed by atoms with E-state index in [0.717, 1.165) is 36.7 Å². The third kappa shape index (κ3) is 17.9. The maximum Gasteiger partial charge on any atom is 0.245 e. The van der Waals surface area contributed by atoms with Crippen molar-refractivity contribution in [1.82, 2.24) is 36.8 Å². The maximum atomic E-state index is 14.6. The SMILES string of the molecule is COc1ccc(C[C@H](NC(=O)[C@@H](C)NC(=O)C2(C)CCC(O)CC2)C(=O)N[C@@H](CCC2=CC3(C=C(C[C@H](NC(=O)[C@H](Cc4ccc(S(C)(=O)=O)cc4)NC(=O)[C@H](CO)NC(=O)CN4CCOCC4)C(=O)[C@@]4(C)CO4)CCC3)CC2)C(=O)[C@@]2(C)CO2)cc1. The number of benzene rings is 2. The molecular weight excluding hydrogens is 1140 g/mol. The Morgan fingerprint density at radius 1 is 0.667 bits per heavy atom. The molecule has 1 spiro atoms. The highest BCUT2D eigenvalue weighted by Crippen LogP contribution is 2.48. The fourth-order valence-electron chi connectivity index (χ4n) is 12.1. The number of ether oxygens (including phenoxy) is 4. The number of carbonyl (C=O) groups is 8.